The maximum atomic E-state index is 5.53. The second-order valence-corrected chi connectivity index (χ2v) is 3.36. The van der Waals surface area contributed by atoms with E-state index in [0.29, 0.717) is 12.4 Å². The Balaban J connectivity index is 2.40. The fraction of sp³-hybridized carbons (Fsp3) is 0.875. The van der Waals surface area contributed by atoms with Crippen LogP contribution in [0.2, 0.25) is 0 Å². The largest absolute Gasteiger partial charge is 0.388 e. The molecule has 1 rings (SSSR count). The lowest BCUT2D eigenvalue weighted by molar-refractivity contribution is 0.0284. The van der Waals surface area contributed by atoms with Crippen LogP contribution in [-0.4, -0.2) is 24.6 Å². The SMILES string of the molecule is CC(N)=NCC1(C)CCCO1. The number of rotatable bonds is 2. The number of ether oxygens (including phenoxy) is 1. The van der Waals surface area contributed by atoms with Crippen LogP contribution in [0.5, 0.6) is 0 Å². The second kappa shape index (κ2) is 3.22. The third kappa shape index (κ3) is 2.50. The standard InChI is InChI=1S/C8H16N2O/c1-7(9)10-6-8(2)4-3-5-11-8/h3-6H2,1-2H3,(H2,9,10). The highest BCUT2D eigenvalue weighted by Crippen LogP contribution is 2.24. The summed E-state index contributed by atoms with van der Waals surface area (Å²) >= 11 is 0. The van der Waals surface area contributed by atoms with E-state index in [1.165, 1.54) is 0 Å². The van der Waals surface area contributed by atoms with Crippen molar-refractivity contribution in [1.29, 1.82) is 0 Å². The van der Waals surface area contributed by atoms with Crippen molar-refractivity contribution < 1.29 is 4.74 Å². The molecule has 0 spiro atoms. The van der Waals surface area contributed by atoms with Gasteiger partial charge in [-0.1, -0.05) is 0 Å². The Morgan fingerprint density at radius 2 is 2.45 bits per heavy atom. The number of hydrogen-bond acceptors (Lipinski definition) is 2. The molecule has 1 heterocycles. The van der Waals surface area contributed by atoms with Gasteiger partial charge in [-0.05, 0) is 26.7 Å². The van der Waals surface area contributed by atoms with Crippen molar-refractivity contribution in [2.24, 2.45) is 10.7 Å². The summed E-state index contributed by atoms with van der Waals surface area (Å²) in [6.45, 7) is 5.47. The third-order valence-electron chi connectivity index (χ3n) is 1.96. The molecule has 2 N–H and O–H groups in total. The zero-order valence-electron chi connectivity index (χ0n) is 7.26. The van der Waals surface area contributed by atoms with Crippen molar-refractivity contribution in [3.63, 3.8) is 0 Å². The molecule has 0 saturated carbocycles. The Morgan fingerprint density at radius 1 is 1.73 bits per heavy atom. The van der Waals surface area contributed by atoms with Crippen LogP contribution in [-0.2, 0) is 4.74 Å². The molecule has 0 aromatic heterocycles. The molecule has 0 bridgehead atoms. The van der Waals surface area contributed by atoms with E-state index in [0.717, 1.165) is 19.4 Å². The van der Waals surface area contributed by atoms with Gasteiger partial charge in [0.15, 0.2) is 0 Å². The summed E-state index contributed by atoms with van der Waals surface area (Å²) in [7, 11) is 0. The van der Waals surface area contributed by atoms with Gasteiger partial charge >= 0.3 is 0 Å². The second-order valence-electron chi connectivity index (χ2n) is 3.36. The molecule has 64 valence electrons. The van der Waals surface area contributed by atoms with Crippen LogP contribution in [0.4, 0.5) is 0 Å². The van der Waals surface area contributed by atoms with Crippen molar-refractivity contribution >= 4 is 5.84 Å². The van der Waals surface area contributed by atoms with E-state index < -0.39 is 0 Å². The van der Waals surface area contributed by atoms with E-state index in [1.807, 2.05) is 0 Å². The molecule has 0 aromatic carbocycles. The van der Waals surface area contributed by atoms with Gasteiger partial charge in [0.25, 0.3) is 0 Å². The predicted octanol–water partition coefficient (Wildman–Crippen LogP) is 0.933. The molecular weight excluding hydrogens is 140 g/mol. The summed E-state index contributed by atoms with van der Waals surface area (Å²) in [6.07, 6.45) is 2.25. The molecule has 11 heavy (non-hydrogen) atoms. The zero-order valence-corrected chi connectivity index (χ0v) is 7.26. The average Bonchev–Trinajstić information content (AvgIpc) is 2.33. The Hall–Kier alpha value is -0.570. The average molecular weight is 156 g/mol. The summed E-state index contributed by atoms with van der Waals surface area (Å²) in [5, 5.41) is 0. The van der Waals surface area contributed by atoms with Crippen molar-refractivity contribution in [2.45, 2.75) is 32.3 Å². The Morgan fingerprint density at radius 3 is 2.91 bits per heavy atom. The Kier molecular flexibility index (Phi) is 2.49. The zero-order chi connectivity index (χ0) is 8.32. The minimum atomic E-state index is -0.0410. The first kappa shape index (κ1) is 8.53. The minimum absolute atomic E-state index is 0.0410. The predicted molar refractivity (Wildman–Crippen MR) is 45.8 cm³/mol. The summed E-state index contributed by atoms with van der Waals surface area (Å²) in [4.78, 5) is 4.15. The van der Waals surface area contributed by atoms with E-state index in [1.54, 1.807) is 6.92 Å². The Bertz CT molecular complexity index is 155. The molecule has 1 atom stereocenters. The molecule has 3 heteroatoms. The number of aliphatic imine (C=N–C) groups is 1. The molecule has 1 aliphatic heterocycles. The number of amidine groups is 1. The van der Waals surface area contributed by atoms with Crippen LogP contribution in [0.3, 0.4) is 0 Å². The van der Waals surface area contributed by atoms with Crippen molar-refractivity contribution in [3.05, 3.63) is 0 Å². The maximum Gasteiger partial charge on any atom is 0.0906 e. The van der Waals surface area contributed by atoms with Gasteiger partial charge in [-0.2, -0.15) is 0 Å². The fourth-order valence-corrected chi connectivity index (χ4v) is 1.25. The van der Waals surface area contributed by atoms with Gasteiger partial charge in [0.2, 0.25) is 0 Å². The van der Waals surface area contributed by atoms with Gasteiger partial charge in [0.1, 0.15) is 0 Å². The molecule has 3 nitrogen and oxygen atoms in total. The Labute approximate surface area is 67.6 Å². The molecule has 1 fully saturated rings. The van der Waals surface area contributed by atoms with Gasteiger partial charge in [0.05, 0.1) is 18.0 Å². The molecule has 0 radical (unpaired) electrons. The lowest BCUT2D eigenvalue weighted by Crippen LogP contribution is -2.28. The van der Waals surface area contributed by atoms with Crippen LogP contribution < -0.4 is 5.73 Å². The van der Waals surface area contributed by atoms with Crippen LogP contribution in [0, 0.1) is 0 Å². The van der Waals surface area contributed by atoms with Crippen molar-refractivity contribution in [2.75, 3.05) is 13.2 Å². The normalized spacial score (nSPS) is 32.7. The van der Waals surface area contributed by atoms with E-state index in [-0.39, 0.29) is 5.60 Å². The fourth-order valence-electron chi connectivity index (χ4n) is 1.25. The number of hydrogen-bond donors (Lipinski definition) is 1. The number of nitrogens with zero attached hydrogens (tertiary/aromatic N) is 1. The van der Waals surface area contributed by atoms with Crippen LogP contribution >= 0.6 is 0 Å². The quantitative estimate of drug-likeness (QED) is 0.477. The highest BCUT2D eigenvalue weighted by atomic mass is 16.5. The molecule has 1 aliphatic rings. The number of nitrogens with two attached hydrogens (primary N) is 1. The molecule has 1 unspecified atom stereocenters. The maximum absolute atomic E-state index is 5.53. The van der Waals surface area contributed by atoms with Gasteiger partial charge in [-0.25, -0.2) is 0 Å². The van der Waals surface area contributed by atoms with Crippen LogP contribution in [0.15, 0.2) is 4.99 Å². The highest BCUT2D eigenvalue weighted by Gasteiger charge is 2.28. The molecular formula is C8H16N2O. The van der Waals surface area contributed by atoms with Crippen molar-refractivity contribution in [3.8, 4) is 0 Å². The van der Waals surface area contributed by atoms with Crippen LogP contribution in [0.25, 0.3) is 0 Å². The van der Waals surface area contributed by atoms with Crippen molar-refractivity contribution in [1.82, 2.24) is 0 Å². The molecule has 1 saturated heterocycles. The first-order valence-corrected chi connectivity index (χ1v) is 4.03. The lowest BCUT2D eigenvalue weighted by atomic mass is 10.0. The van der Waals surface area contributed by atoms with E-state index in [2.05, 4.69) is 11.9 Å². The topological polar surface area (TPSA) is 47.6 Å². The van der Waals surface area contributed by atoms with E-state index in [4.69, 9.17) is 10.5 Å². The van der Waals surface area contributed by atoms with Gasteiger partial charge < -0.3 is 10.5 Å². The third-order valence-corrected chi connectivity index (χ3v) is 1.96. The van der Waals surface area contributed by atoms with E-state index >= 15 is 0 Å². The molecule has 0 aliphatic carbocycles. The lowest BCUT2D eigenvalue weighted by Gasteiger charge is -2.20. The van der Waals surface area contributed by atoms with Crippen LogP contribution in [0.1, 0.15) is 26.7 Å². The molecule has 0 aromatic rings. The van der Waals surface area contributed by atoms with E-state index in [9.17, 15) is 0 Å². The van der Waals surface area contributed by atoms with Gasteiger partial charge in [-0.15, -0.1) is 0 Å². The highest BCUT2D eigenvalue weighted by molar-refractivity contribution is 5.77. The summed E-state index contributed by atoms with van der Waals surface area (Å²) < 4.78 is 5.53. The summed E-state index contributed by atoms with van der Waals surface area (Å²) in [5.41, 5.74) is 5.38. The summed E-state index contributed by atoms with van der Waals surface area (Å²) in [6, 6.07) is 0. The summed E-state index contributed by atoms with van der Waals surface area (Å²) in [5.74, 6) is 0.640. The van der Waals surface area contributed by atoms with Gasteiger partial charge in [0, 0.05) is 6.61 Å². The minimum Gasteiger partial charge on any atom is -0.388 e. The first-order valence-electron chi connectivity index (χ1n) is 4.03. The van der Waals surface area contributed by atoms with Gasteiger partial charge in [-0.3, -0.25) is 4.99 Å². The molecule has 0 amide bonds. The monoisotopic (exact) mass is 156 g/mol. The first-order chi connectivity index (χ1) is 5.12. The smallest absolute Gasteiger partial charge is 0.0906 e.